The van der Waals surface area contributed by atoms with Gasteiger partial charge in [-0.05, 0) is 50.6 Å². The maximum Gasteiger partial charge on any atom is 0.337 e. The van der Waals surface area contributed by atoms with E-state index in [9.17, 15) is 14.3 Å². The van der Waals surface area contributed by atoms with Gasteiger partial charge in [-0.15, -0.1) is 0 Å². The van der Waals surface area contributed by atoms with Crippen molar-refractivity contribution < 1.29 is 14.3 Å². The number of hydrogen-bond donors (Lipinski definition) is 2. The summed E-state index contributed by atoms with van der Waals surface area (Å²) in [6.45, 7) is 7.08. The van der Waals surface area contributed by atoms with Crippen LogP contribution in [-0.2, 0) is 0 Å². The number of pyridine rings is 1. The van der Waals surface area contributed by atoms with Crippen LogP contribution in [0.5, 0.6) is 0 Å². The standard InChI is InChI=1S/C26H28ClFN6O2/c1-15-9-18(12-29-15)24-31-22(17-3-5-20(28)6-4-17)11-23(32-24)34-8-7-33(14-16(34)2)25-21(27)10-19(13-30-25)26(35)36/h3-6,10-11,13,15-16,18,29H,7-9,12,14H2,1-2H3,(H,35,36)/t15-,16-,18?/m0/s1. The van der Waals surface area contributed by atoms with Crippen molar-refractivity contribution in [1.82, 2.24) is 20.3 Å². The van der Waals surface area contributed by atoms with Gasteiger partial charge in [-0.3, -0.25) is 0 Å². The van der Waals surface area contributed by atoms with Crippen LogP contribution in [0.1, 0.15) is 42.4 Å². The molecule has 0 radical (unpaired) electrons. The topological polar surface area (TPSA) is 94.5 Å². The Morgan fingerprint density at radius 1 is 1.17 bits per heavy atom. The normalized spacial score (nSPS) is 22.2. The zero-order valence-corrected chi connectivity index (χ0v) is 20.9. The SMILES string of the molecule is C[C@H]1CC(c2nc(-c3ccc(F)cc3)cc(N3CCN(c4ncc(C(=O)O)cc4Cl)C[C@@H]3C)n2)CN1. The number of nitrogens with one attached hydrogen (secondary N) is 1. The van der Waals surface area contributed by atoms with Crippen molar-refractivity contribution in [3.05, 3.63) is 64.8 Å². The molecule has 2 aromatic heterocycles. The van der Waals surface area contributed by atoms with Crippen LogP contribution in [-0.4, -0.2) is 64.3 Å². The molecule has 3 atom stereocenters. The van der Waals surface area contributed by atoms with Crippen molar-refractivity contribution in [2.45, 2.75) is 38.3 Å². The fraction of sp³-hybridized carbons (Fsp3) is 0.385. The Kier molecular flexibility index (Phi) is 6.77. The van der Waals surface area contributed by atoms with Crippen LogP contribution in [0.2, 0.25) is 5.02 Å². The Morgan fingerprint density at radius 2 is 1.94 bits per heavy atom. The number of carboxylic acid groups (broad SMARTS) is 1. The third kappa shape index (κ3) is 4.99. The Morgan fingerprint density at radius 3 is 2.58 bits per heavy atom. The lowest BCUT2D eigenvalue weighted by molar-refractivity contribution is 0.0696. The molecule has 3 aromatic rings. The molecule has 10 heteroatoms. The second-order valence-electron chi connectivity index (χ2n) is 9.54. The average Bonchev–Trinajstić information content (AvgIpc) is 3.30. The lowest BCUT2D eigenvalue weighted by Gasteiger charge is -2.41. The second kappa shape index (κ2) is 9.99. The molecular formula is C26H28ClFN6O2. The van der Waals surface area contributed by atoms with Crippen LogP contribution >= 0.6 is 11.6 Å². The molecule has 0 saturated carbocycles. The van der Waals surface area contributed by atoms with Gasteiger partial charge in [-0.25, -0.2) is 24.1 Å². The van der Waals surface area contributed by atoms with Crippen LogP contribution < -0.4 is 15.1 Å². The predicted molar refractivity (Wildman–Crippen MR) is 137 cm³/mol. The van der Waals surface area contributed by atoms with E-state index in [2.05, 4.69) is 33.9 Å². The number of aromatic nitrogens is 3. The number of hydrogen-bond acceptors (Lipinski definition) is 7. The Balaban J connectivity index is 1.43. The maximum atomic E-state index is 13.6. The van der Waals surface area contributed by atoms with Gasteiger partial charge in [0.15, 0.2) is 0 Å². The number of carbonyl (C=O) groups is 1. The molecule has 4 heterocycles. The molecule has 2 N–H and O–H groups in total. The molecule has 2 fully saturated rings. The molecule has 0 aliphatic carbocycles. The third-order valence-electron chi connectivity index (χ3n) is 6.88. The largest absolute Gasteiger partial charge is 0.478 e. The highest BCUT2D eigenvalue weighted by Gasteiger charge is 2.30. The van der Waals surface area contributed by atoms with E-state index in [1.54, 1.807) is 12.1 Å². The highest BCUT2D eigenvalue weighted by atomic mass is 35.5. The first-order chi connectivity index (χ1) is 17.3. The molecule has 0 amide bonds. The van der Waals surface area contributed by atoms with Crippen LogP contribution in [0.25, 0.3) is 11.3 Å². The van der Waals surface area contributed by atoms with E-state index in [0.29, 0.717) is 36.5 Å². The van der Waals surface area contributed by atoms with E-state index in [-0.39, 0.29) is 23.3 Å². The summed E-state index contributed by atoms with van der Waals surface area (Å²) in [5, 5.41) is 13.0. The predicted octanol–water partition coefficient (Wildman–Crippen LogP) is 4.21. The van der Waals surface area contributed by atoms with E-state index in [1.165, 1.54) is 24.4 Å². The van der Waals surface area contributed by atoms with E-state index in [0.717, 1.165) is 35.9 Å². The van der Waals surface area contributed by atoms with Crippen molar-refractivity contribution >= 4 is 29.2 Å². The number of aromatic carboxylic acids is 1. The van der Waals surface area contributed by atoms with E-state index < -0.39 is 5.97 Å². The zero-order valence-electron chi connectivity index (χ0n) is 20.2. The number of piperazine rings is 1. The molecule has 36 heavy (non-hydrogen) atoms. The van der Waals surface area contributed by atoms with Crippen molar-refractivity contribution in [2.75, 3.05) is 36.0 Å². The quantitative estimate of drug-likeness (QED) is 0.527. The van der Waals surface area contributed by atoms with Gasteiger partial charge in [0.2, 0.25) is 0 Å². The second-order valence-corrected chi connectivity index (χ2v) is 9.95. The summed E-state index contributed by atoms with van der Waals surface area (Å²) in [5.74, 6) is 1.09. The molecule has 5 rings (SSSR count). The highest BCUT2D eigenvalue weighted by Crippen LogP contribution is 2.32. The van der Waals surface area contributed by atoms with Gasteiger partial charge in [-0.1, -0.05) is 11.6 Å². The third-order valence-corrected chi connectivity index (χ3v) is 7.15. The van der Waals surface area contributed by atoms with E-state index in [4.69, 9.17) is 21.6 Å². The summed E-state index contributed by atoms with van der Waals surface area (Å²) in [6.07, 6.45) is 2.30. The van der Waals surface area contributed by atoms with Crippen molar-refractivity contribution in [1.29, 1.82) is 0 Å². The number of nitrogens with zero attached hydrogens (tertiary/aromatic N) is 5. The fourth-order valence-corrected chi connectivity index (χ4v) is 5.24. The van der Waals surface area contributed by atoms with Crippen molar-refractivity contribution in [3.63, 3.8) is 0 Å². The summed E-state index contributed by atoms with van der Waals surface area (Å²) < 4.78 is 13.6. The number of carboxylic acids is 1. The first-order valence-electron chi connectivity index (χ1n) is 12.1. The maximum absolute atomic E-state index is 13.6. The zero-order chi connectivity index (χ0) is 25.4. The highest BCUT2D eigenvalue weighted by molar-refractivity contribution is 6.33. The first-order valence-corrected chi connectivity index (χ1v) is 12.4. The van der Waals surface area contributed by atoms with Gasteiger partial charge in [0.05, 0.1) is 16.3 Å². The Labute approximate surface area is 214 Å². The number of anilines is 2. The molecule has 8 nitrogen and oxygen atoms in total. The molecule has 0 spiro atoms. The molecule has 1 aromatic carbocycles. The summed E-state index contributed by atoms with van der Waals surface area (Å²) in [7, 11) is 0. The summed E-state index contributed by atoms with van der Waals surface area (Å²) in [4.78, 5) is 29.7. The minimum Gasteiger partial charge on any atom is -0.478 e. The minimum absolute atomic E-state index is 0.0630. The first kappa shape index (κ1) is 24.4. The summed E-state index contributed by atoms with van der Waals surface area (Å²) in [6, 6.07) is 10.3. The van der Waals surface area contributed by atoms with E-state index in [1.807, 2.05) is 6.07 Å². The van der Waals surface area contributed by atoms with Gasteiger partial charge in [0.1, 0.15) is 23.3 Å². The molecule has 188 valence electrons. The lowest BCUT2D eigenvalue weighted by atomic mass is 10.0. The average molecular weight is 511 g/mol. The molecule has 0 bridgehead atoms. The number of rotatable bonds is 5. The van der Waals surface area contributed by atoms with E-state index >= 15 is 0 Å². The Hall–Kier alpha value is -3.30. The minimum atomic E-state index is -1.06. The fourth-order valence-electron chi connectivity index (χ4n) is 4.96. The van der Waals surface area contributed by atoms with Gasteiger partial charge in [-0.2, -0.15) is 0 Å². The smallest absolute Gasteiger partial charge is 0.337 e. The summed E-state index contributed by atoms with van der Waals surface area (Å²) >= 11 is 6.38. The molecule has 2 saturated heterocycles. The van der Waals surface area contributed by atoms with Gasteiger partial charge >= 0.3 is 5.97 Å². The van der Waals surface area contributed by atoms with Crippen LogP contribution in [0, 0.1) is 5.82 Å². The van der Waals surface area contributed by atoms with Crippen molar-refractivity contribution in [2.24, 2.45) is 0 Å². The number of halogens is 2. The van der Waals surface area contributed by atoms with Crippen LogP contribution in [0.4, 0.5) is 16.0 Å². The van der Waals surface area contributed by atoms with Crippen LogP contribution in [0.3, 0.4) is 0 Å². The molecular weight excluding hydrogens is 483 g/mol. The Bertz CT molecular complexity index is 1270. The van der Waals surface area contributed by atoms with Gasteiger partial charge in [0, 0.05) is 62.0 Å². The number of benzene rings is 1. The molecule has 1 unspecified atom stereocenters. The lowest BCUT2D eigenvalue weighted by Crippen LogP contribution is -2.52. The monoisotopic (exact) mass is 510 g/mol. The van der Waals surface area contributed by atoms with Gasteiger partial charge in [0.25, 0.3) is 0 Å². The van der Waals surface area contributed by atoms with Gasteiger partial charge < -0.3 is 20.2 Å². The summed E-state index contributed by atoms with van der Waals surface area (Å²) in [5.41, 5.74) is 1.69. The van der Waals surface area contributed by atoms with Crippen LogP contribution in [0.15, 0.2) is 42.6 Å². The van der Waals surface area contributed by atoms with Crippen molar-refractivity contribution in [3.8, 4) is 11.3 Å². The molecule has 2 aliphatic heterocycles. The molecule has 2 aliphatic rings.